The van der Waals surface area contributed by atoms with Crippen molar-refractivity contribution in [2.75, 3.05) is 19.8 Å². The van der Waals surface area contributed by atoms with Crippen LogP contribution in [0.2, 0.25) is 0 Å². The summed E-state index contributed by atoms with van der Waals surface area (Å²) < 4.78 is 10.5. The van der Waals surface area contributed by atoms with Gasteiger partial charge in [0, 0.05) is 17.6 Å². The number of ether oxygens (including phenoxy) is 2. The van der Waals surface area contributed by atoms with Gasteiger partial charge in [0.05, 0.1) is 12.0 Å². The molecule has 0 fully saturated rings. The fourth-order valence-electron chi connectivity index (χ4n) is 2.45. The summed E-state index contributed by atoms with van der Waals surface area (Å²) >= 11 is 2.98. The molecule has 0 saturated heterocycles. The minimum atomic E-state index is -0.363. The molecule has 0 aliphatic heterocycles. The number of carbonyl (C=O) groups is 1. The van der Waals surface area contributed by atoms with Gasteiger partial charge in [0.1, 0.15) is 28.0 Å². The van der Waals surface area contributed by atoms with E-state index in [0.717, 1.165) is 26.4 Å². The summed E-state index contributed by atoms with van der Waals surface area (Å²) in [5.41, 5.74) is 2.20. The molecule has 0 radical (unpaired) electrons. The van der Waals surface area contributed by atoms with Crippen molar-refractivity contribution in [3.63, 3.8) is 0 Å². The van der Waals surface area contributed by atoms with Crippen LogP contribution in [-0.4, -0.2) is 41.0 Å². The average molecular weight is 389 g/mol. The third-order valence-corrected chi connectivity index (χ3v) is 5.68. The number of thiophene rings is 1. The van der Waals surface area contributed by atoms with E-state index >= 15 is 0 Å². The first-order valence-corrected chi connectivity index (χ1v) is 10.1. The van der Waals surface area contributed by atoms with Gasteiger partial charge >= 0.3 is 5.97 Å². The molecule has 1 unspecified atom stereocenters. The molecule has 0 bridgehead atoms. The predicted molar refractivity (Wildman–Crippen MR) is 106 cm³/mol. The van der Waals surface area contributed by atoms with Gasteiger partial charge < -0.3 is 9.47 Å². The largest absolute Gasteiger partial charge is 0.462 e. The number of nitrogens with zero attached hydrogens (tertiary/aromatic N) is 2. The molecule has 0 aliphatic rings. The van der Waals surface area contributed by atoms with Gasteiger partial charge in [0.2, 0.25) is 0 Å². The van der Waals surface area contributed by atoms with Crippen LogP contribution >= 0.6 is 23.1 Å². The highest BCUT2D eigenvalue weighted by atomic mass is 32.2. The Morgan fingerprint density at radius 3 is 2.81 bits per heavy atom. The zero-order valence-electron chi connectivity index (χ0n) is 14.7. The molecule has 1 aromatic carbocycles. The summed E-state index contributed by atoms with van der Waals surface area (Å²) in [6.07, 6.45) is 1.54. The first kappa shape index (κ1) is 18.8. The highest BCUT2D eigenvalue weighted by Gasteiger charge is 2.20. The van der Waals surface area contributed by atoms with Crippen LogP contribution in [0, 0.1) is 0 Å². The van der Waals surface area contributed by atoms with Crippen molar-refractivity contribution in [1.29, 1.82) is 0 Å². The molecule has 2 heterocycles. The lowest BCUT2D eigenvalue weighted by molar-refractivity contribution is -0.144. The SMILES string of the molecule is CCOCCOC(=O)C(C)Sc1ncnc2scc(-c3ccccc3)c12. The molecule has 1 atom stereocenters. The number of carbonyl (C=O) groups excluding carboxylic acids is 1. The van der Waals surface area contributed by atoms with E-state index in [9.17, 15) is 4.79 Å². The van der Waals surface area contributed by atoms with E-state index in [-0.39, 0.29) is 17.8 Å². The van der Waals surface area contributed by atoms with Crippen LogP contribution in [0.4, 0.5) is 0 Å². The van der Waals surface area contributed by atoms with Crippen molar-refractivity contribution in [3.05, 3.63) is 42.0 Å². The van der Waals surface area contributed by atoms with Crippen molar-refractivity contribution < 1.29 is 14.3 Å². The van der Waals surface area contributed by atoms with Gasteiger partial charge in [-0.2, -0.15) is 0 Å². The van der Waals surface area contributed by atoms with Crippen LogP contribution in [0.1, 0.15) is 13.8 Å². The summed E-state index contributed by atoms with van der Waals surface area (Å²) in [6, 6.07) is 10.1. The smallest absolute Gasteiger partial charge is 0.319 e. The Bertz CT molecular complexity index is 868. The van der Waals surface area contributed by atoms with E-state index in [1.807, 2.05) is 32.0 Å². The maximum absolute atomic E-state index is 12.2. The Hall–Kier alpha value is -1.96. The number of fused-ring (bicyclic) bond motifs is 1. The van der Waals surface area contributed by atoms with Crippen molar-refractivity contribution >= 4 is 39.3 Å². The van der Waals surface area contributed by atoms with E-state index in [1.165, 1.54) is 11.8 Å². The molecule has 0 N–H and O–H groups in total. The van der Waals surface area contributed by atoms with Crippen LogP contribution in [0.25, 0.3) is 21.3 Å². The number of esters is 1. The van der Waals surface area contributed by atoms with E-state index < -0.39 is 0 Å². The monoisotopic (exact) mass is 388 g/mol. The topological polar surface area (TPSA) is 61.3 Å². The zero-order valence-corrected chi connectivity index (χ0v) is 16.3. The number of hydrogen-bond donors (Lipinski definition) is 0. The minimum absolute atomic E-state index is 0.266. The van der Waals surface area contributed by atoms with Gasteiger partial charge in [-0.25, -0.2) is 9.97 Å². The summed E-state index contributed by atoms with van der Waals surface area (Å²) in [4.78, 5) is 21.9. The second-order valence-corrected chi connectivity index (χ2v) is 7.69. The summed E-state index contributed by atoms with van der Waals surface area (Å²) in [7, 11) is 0. The van der Waals surface area contributed by atoms with Crippen LogP contribution in [-0.2, 0) is 14.3 Å². The fraction of sp³-hybridized carbons (Fsp3) is 0.316. The molecule has 5 nitrogen and oxygen atoms in total. The molecule has 0 amide bonds. The van der Waals surface area contributed by atoms with Gasteiger partial charge in [-0.3, -0.25) is 4.79 Å². The highest BCUT2D eigenvalue weighted by molar-refractivity contribution is 8.00. The van der Waals surface area contributed by atoms with Crippen molar-refractivity contribution in [2.45, 2.75) is 24.1 Å². The van der Waals surface area contributed by atoms with E-state index in [0.29, 0.717) is 13.2 Å². The second kappa shape index (κ2) is 9.12. The lowest BCUT2D eigenvalue weighted by atomic mass is 10.1. The fourth-order valence-corrected chi connectivity index (χ4v) is 4.36. The minimum Gasteiger partial charge on any atom is -0.462 e. The second-order valence-electron chi connectivity index (χ2n) is 5.50. The molecule has 7 heteroatoms. The number of hydrogen-bond acceptors (Lipinski definition) is 7. The first-order chi connectivity index (χ1) is 12.7. The molecule has 0 spiro atoms. The quantitative estimate of drug-likeness (QED) is 0.246. The van der Waals surface area contributed by atoms with Gasteiger partial charge in [-0.1, -0.05) is 42.1 Å². The standard InChI is InChI=1S/C19H20N2O3S2/c1-3-23-9-10-24-19(22)13(2)26-18-16-15(14-7-5-4-6-8-14)11-25-17(16)20-12-21-18/h4-8,11-13H,3,9-10H2,1-2H3. The third kappa shape index (κ3) is 4.41. The highest BCUT2D eigenvalue weighted by Crippen LogP contribution is 2.38. The maximum Gasteiger partial charge on any atom is 0.319 e. The molecule has 0 aliphatic carbocycles. The molecule has 136 valence electrons. The van der Waals surface area contributed by atoms with Gasteiger partial charge in [0.15, 0.2) is 0 Å². The number of rotatable bonds is 8. The molecule has 3 aromatic rings. The summed E-state index contributed by atoms with van der Waals surface area (Å²) in [6.45, 7) is 5.04. The van der Waals surface area contributed by atoms with Gasteiger partial charge in [0.25, 0.3) is 0 Å². The molecular formula is C19H20N2O3S2. The van der Waals surface area contributed by atoms with E-state index in [2.05, 4.69) is 27.5 Å². The van der Waals surface area contributed by atoms with E-state index in [1.54, 1.807) is 17.7 Å². The van der Waals surface area contributed by atoms with Gasteiger partial charge in [-0.15, -0.1) is 11.3 Å². The summed E-state index contributed by atoms with van der Waals surface area (Å²) in [5.74, 6) is -0.266. The zero-order chi connectivity index (χ0) is 18.4. The summed E-state index contributed by atoms with van der Waals surface area (Å²) in [5, 5.41) is 3.51. The van der Waals surface area contributed by atoms with Crippen molar-refractivity contribution in [1.82, 2.24) is 9.97 Å². The number of aromatic nitrogens is 2. The van der Waals surface area contributed by atoms with Crippen LogP contribution in [0.3, 0.4) is 0 Å². The maximum atomic E-state index is 12.2. The lowest BCUT2D eigenvalue weighted by Gasteiger charge is -2.12. The molecular weight excluding hydrogens is 368 g/mol. The Morgan fingerprint density at radius 2 is 2.04 bits per heavy atom. The number of benzene rings is 1. The van der Waals surface area contributed by atoms with Crippen LogP contribution in [0.15, 0.2) is 47.1 Å². The lowest BCUT2D eigenvalue weighted by Crippen LogP contribution is -2.19. The molecule has 2 aromatic heterocycles. The van der Waals surface area contributed by atoms with Crippen molar-refractivity contribution in [3.8, 4) is 11.1 Å². The molecule has 0 saturated carbocycles. The van der Waals surface area contributed by atoms with Crippen molar-refractivity contribution in [2.24, 2.45) is 0 Å². The van der Waals surface area contributed by atoms with Gasteiger partial charge in [-0.05, 0) is 19.4 Å². The Morgan fingerprint density at radius 1 is 1.23 bits per heavy atom. The van der Waals surface area contributed by atoms with Crippen LogP contribution in [0.5, 0.6) is 0 Å². The molecule has 3 rings (SSSR count). The van der Waals surface area contributed by atoms with E-state index in [4.69, 9.17) is 9.47 Å². The molecule has 26 heavy (non-hydrogen) atoms. The normalized spacial score (nSPS) is 12.2. The Kier molecular flexibility index (Phi) is 6.60. The number of thioether (sulfide) groups is 1. The average Bonchev–Trinajstić information content (AvgIpc) is 3.11. The van der Waals surface area contributed by atoms with Crippen LogP contribution < -0.4 is 0 Å². The Labute approximate surface area is 160 Å². The Balaban J connectivity index is 1.80. The predicted octanol–water partition coefficient (Wildman–Crippen LogP) is 4.42. The third-order valence-electron chi connectivity index (χ3n) is 3.72. The first-order valence-electron chi connectivity index (χ1n) is 8.39.